The summed E-state index contributed by atoms with van der Waals surface area (Å²) in [5.74, 6) is -1.57. The van der Waals surface area contributed by atoms with Gasteiger partial charge in [-0.25, -0.2) is 8.78 Å². The molecule has 0 radical (unpaired) electrons. The van der Waals surface area contributed by atoms with Crippen LogP contribution in [0.4, 0.5) is 8.78 Å². The summed E-state index contributed by atoms with van der Waals surface area (Å²) in [7, 11) is 0. The van der Waals surface area contributed by atoms with Crippen LogP contribution in [0.5, 0.6) is 0 Å². The summed E-state index contributed by atoms with van der Waals surface area (Å²) in [6.45, 7) is -0.326. The second-order valence-corrected chi connectivity index (χ2v) is 3.16. The lowest BCUT2D eigenvalue weighted by atomic mass is 10.1. The van der Waals surface area contributed by atoms with E-state index in [0.717, 1.165) is 12.1 Å². The highest BCUT2D eigenvalue weighted by Crippen LogP contribution is 2.29. The zero-order valence-corrected chi connectivity index (χ0v) is 7.93. The molecule has 1 aromatic rings. The van der Waals surface area contributed by atoms with Gasteiger partial charge in [0.05, 0.1) is 11.1 Å². The number of halogens is 3. The smallest absolute Gasteiger partial charge is 0.142 e. The van der Waals surface area contributed by atoms with Crippen molar-refractivity contribution in [3.05, 3.63) is 34.4 Å². The zero-order valence-electron chi connectivity index (χ0n) is 7.17. The van der Waals surface area contributed by atoms with Crippen molar-refractivity contribution in [3.63, 3.8) is 0 Å². The first-order chi connectivity index (χ1) is 6.57. The Morgan fingerprint density at radius 1 is 1.29 bits per heavy atom. The van der Waals surface area contributed by atoms with Crippen molar-refractivity contribution in [3.8, 4) is 0 Å². The summed E-state index contributed by atoms with van der Waals surface area (Å²) in [5.41, 5.74) is -0.305. The fourth-order valence-electron chi connectivity index (χ4n) is 1.11. The Labute approximate surface area is 84.7 Å². The van der Waals surface area contributed by atoms with Crippen LogP contribution >= 0.6 is 11.6 Å². The van der Waals surface area contributed by atoms with E-state index in [9.17, 15) is 13.9 Å². The lowest BCUT2D eigenvalue weighted by Gasteiger charge is -2.12. The first-order valence-corrected chi connectivity index (χ1v) is 4.38. The molecule has 1 aromatic carbocycles. The number of aliphatic hydroxyl groups is 2. The molecule has 0 aliphatic carbocycles. The molecule has 1 atom stereocenters. The largest absolute Gasteiger partial charge is 0.396 e. The van der Waals surface area contributed by atoms with Crippen LogP contribution in [-0.2, 0) is 0 Å². The average Bonchev–Trinajstić information content (AvgIpc) is 2.13. The third kappa shape index (κ3) is 2.20. The summed E-state index contributed by atoms with van der Waals surface area (Å²) >= 11 is 5.47. The molecule has 78 valence electrons. The standard InChI is InChI=1S/C9H9ClF2O2/c10-9-6(12)2-1-5(11)8(9)7(14)3-4-13/h1-2,7,13-14H,3-4H2. The third-order valence-corrected chi connectivity index (χ3v) is 2.20. The van der Waals surface area contributed by atoms with E-state index >= 15 is 0 Å². The molecule has 2 nitrogen and oxygen atoms in total. The predicted octanol–water partition coefficient (Wildman–Crippen LogP) is 2.03. The minimum Gasteiger partial charge on any atom is -0.396 e. The minimum absolute atomic E-state index is 0.0832. The second kappa shape index (κ2) is 4.68. The molecule has 0 bridgehead atoms. The zero-order chi connectivity index (χ0) is 10.7. The van der Waals surface area contributed by atoms with Gasteiger partial charge in [0, 0.05) is 18.6 Å². The van der Waals surface area contributed by atoms with Gasteiger partial charge in [-0.1, -0.05) is 11.6 Å². The summed E-state index contributed by atoms with van der Waals surface area (Å²) in [5, 5.41) is 17.4. The van der Waals surface area contributed by atoms with E-state index in [0.29, 0.717) is 0 Å². The normalized spacial score (nSPS) is 12.9. The Kier molecular flexibility index (Phi) is 3.80. The highest BCUT2D eigenvalue weighted by molar-refractivity contribution is 6.31. The predicted molar refractivity (Wildman–Crippen MR) is 48.0 cm³/mol. The van der Waals surface area contributed by atoms with Gasteiger partial charge in [-0.05, 0) is 12.1 Å². The van der Waals surface area contributed by atoms with E-state index in [2.05, 4.69) is 0 Å². The Bertz CT molecular complexity index is 331. The fourth-order valence-corrected chi connectivity index (χ4v) is 1.39. The summed E-state index contributed by atoms with van der Waals surface area (Å²) in [6, 6.07) is 1.77. The molecule has 1 rings (SSSR count). The molecule has 0 aromatic heterocycles. The number of hydrogen-bond donors (Lipinski definition) is 2. The molecule has 0 amide bonds. The molecule has 14 heavy (non-hydrogen) atoms. The van der Waals surface area contributed by atoms with Crippen LogP contribution in [-0.4, -0.2) is 16.8 Å². The minimum atomic E-state index is -1.29. The van der Waals surface area contributed by atoms with Crippen molar-refractivity contribution < 1.29 is 19.0 Å². The van der Waals surface area contributed by atoms with Crippen molar-refractivity contribution in [1.29, 1.82) is 0 Å². The van der Waals surface area contributed by atoms with Gasteiger partial charge in [0.25, 0.3) is 0 Å². The van der Waals surface area contributed by atoms with E-state index in [1.165, 1.54) is 0 Å². The van der Waals surface area contributed by atoms with Gasteiger partial charge in [0.2, 0.25) is 0 Å². The van der Waals surface area contributed by atoms with E-state index in [-0.39, 0.29) is 18.6 Å². The van der Waals surface area contributed by atoms with Crippen LogP contribution in [0.1, 0.15) is 18.1 Å². The van der Waals surface area contributed by atoms with Crippen molar-refractivity contribution in [2.75, 3.05) is 6.61 Å². The molecule has 0 aliphatic rings. The molecule has 0 saturated heterocycles. The van der Waals surface area contributed by atoms with Gasteiger partial charge in [0.15, 0.2) is 0 Å². The third-order valence-electron chi connectivity index (χ3n) is 1.82. The molecule has 2 N–H and O–H groups in total. The first-order valence-electron chi connectivity index (χ1n) is 4.00. The van der Waals surface area contributed by atoms with Crippen molar-refractivity contribution in [1.82, 2.24) is 0 Å². The maximum Gasteiger partial charge on any atom is 0.142 e. The molecule has 0 saturated carbocycles. The highest BCUT2D eigenvalue weighted by atomic mass is 35.5. The summed E-state index contributed by atoms with van der Waals surface area (Å²) < 4.78 is 26.0. The molecule has 0 spiro atoms. The van der Waals surface area contributed by atoms with Crippen molar-refractivity contribution in [2.24, 2.45) is 0 Å². The Morgan fingerprint density at radius 2 is 1.86 bits per heavy atom. The first kappa shape index (κ1) is 11.4. The van der Waals surface area contributed by atoms with E-state index in [4.69, 9.17) is 16.7 Å². The molecular formula is C9H9ClF2O2. The van der Waals surface area contributed by atoms with Crippen LogP contribution in [0.3, 0.4) is 0 Å². The molecule has 5 heteroatoms. The maximum atomic E-state index is 13.1. The van der Waals surface area contributed by atoms with Crippen LogP contribution in [0.15, 0.2) is 12.1 Å². The molecule has 0 aliphatic heterocycles. The van der Waals surface area contributed by atoms with Crippen LogP contribution in [0.2, 0.25) is 5.02 Å². The van der Waals surface area contributed by atoms with Gasteiger partial charge in [-0.2, -0.15) is 0 Å². The number of hydrogen-bond acceptors (Lipinski definition) is 2. The summed E-state index contributed by atoms with van der Waals surface area (Å²) in [6.07, 6.45) is -1.37. The average molecular weight is 223 g/mol. The molecule has 0 fully saturated rings. The van der Waals surface area contributed by atoms with Gasteiger partial charge < -0.3 is 10.2 Å². The maximum absolute atomic E-state index is 13.1. The number of aliphatic hydroxyl groups excluding tert-OH is 2. The topological polar surface area (TPSA) is 40.5 Å². The van der Waals surface area contributed by atoms with Crippen molar-refractivity contribution in [2.45, 2.75) is 12.5 Å². The highest BCUT2D eigenvalue weighted by Gasteiger charge is 2.18. The van der Waals surface area contributed by atoms with Crippen LogP contribution in [0, 0.1) is 11.6 Å². The van der Waals surface area contributed by atoms with Crippen LogP contribution < -0.4 is 0 Å². The van der Waals surface area contributed by atoms with E-state index in [1.807, 2.05) is 0 Å². The monoisotopic (exact) mass is 222 g/mol. The number of benzene rings is 1. The van der Waals surface area contributed by atoms with Gasteiger partial charge in [0.1, 0.15) is 11.6 Å². The Balaban J connectivity index is 3.11. The van der Waals surface area contributed by atoms with Gasteiger partial charge >= 0.3 is 0 Å². The molecular weight excluding hydrogens is 214 g/mol. The lowest BCUT2D eigenvalue weighted by Crippen LogP contribution is -2.05. The molecule has 1 unspecified atom stereocenters. The van der Waals surface area contributed by atoms with Gasteiger partial charge in [-0.15, -0.1) is 0 Å². The Hall–Kier alpha value is -0.710. The van der Waals surface area contributed by atoms with Crippen LogP contribution in [0.25, 0.3) is 0 Å². The summed E-state index contributed by atoms with van der Waals surface area (Å²) in [4.78, 5) is 0. The van der Waals surface area contributed by atoms with Crippen molar-refractivity contribution >= 4 is 11.6 Å². The SMILES string of the molecule is OCCC(O)c1c(F)ccc(F)c1Cl. The number of rotatable bonds is 3. The quantitative estimate of drug-likeness (QED) is 0.769. The second-order valence-electron chi connectivity index (χ2n) is 2.78. The van der Waals surface area contributed by atoms with E-state index < -0.39 is 22.8 Å². The van der Waals surface area contributed by atoms with Gasteiger partial charge in [-0.3, -0.25) is 0 Å². The Morgan fingerprint density at radius 3 is 2.43 bits per heavy atom. The lowest BCUT2D eigenvalue weighted by molar-refractivity contribution is 0.130. The van der Waals surface area contributed by atoms with E-state index in [1.54, 1.807) is 0 Å². The molecule has 0 heterocycles. The fraction of sp³-hybridized carbons (Fsp3) is 0.333.